The Labute approximate surface area is 94.1 Å². The lowest BCUT2D eigenvalue weighted by Gasteiger charge is -1.96. The van der Waals surface area contributed by atoms with E-state index < -0.39 is 0 Å². The first-order valence-electron chi connectivity index (χ1n) is 5.18. The molecule has 1 aromatic heterocycles. The number of hydrogen-bond donors (Lipinski definition) is 0. The van der Waals surface area contributed by atoms with Gasteiger partial charge >= 0.3 is 0 Å². The summed E-state index contributed by atoms with van der Waals surface area (Å²) in [4.78, 5) is 16.0. The standard InChI is InChI=1S/C13H13NO2/c1-9-10(2)16-13(14-9)8-12(15)11-6-4-3-5-7-11/h3-7H,8H2,1-2H3. The van der Waals surface area contributed by atoms with Crippen molar-refractivity contribution in [3.05, 3.63) is 53.2 Å². The average Bonchev–Trinajstić information content (AvgIpc) is 2.59. The predicted octanol–water partition coefficient (Wildman–Crippen LogP) is 2.72. The van der Waals surface area contributed by atoms with E-state index in [0.29, 0.717) is 11.5 Å². The maximum Gasteiger partial charge on any atom is 0.202 e. The van der Waals surface area contributed by atoms with E-state index in [2.05, 4.69) is 4.98 Å². The molecule has 0 aliphatic rings. The van der Waals surface area contributed by atoms with Crippen LogP contribution in [0.3, 0.4) is 0 Å². The van der Waals surface area contributed by atoms with Crippen LogP contribution >= 0.6 is 0 Å². The first-order valence-corrected chi connectivity index (χ1v) is 5.18. The molecule has 3 nitrogen and oxygen atoms in total. The third-order valence-corrected chi connectivity index (χ3v) is 2.48. The van der Waals surface area contributed by atoms with Crippen molar-refractivity contribution in [3.63, 3.8) is 0 Å². The molecule has 0 spiro atoms. The van der Waals surface area contributed by atoms with E-state index in [1.165, 1.54) is 0 Å². The lowest BCUT2D eigenvalue weighted by molar-refractivity contribution is 0.0985. The Bertz CT molecular complexity index is 480. The predicted molar refractivity (Wildman–Crippen MR) is 60.5 cm³/mol. The van der Waals surface area contributed by atoms with E-state index >= 15 is 0 Å². The van der Waals surface area contributed by atoms with Crippen LogP contribution in [-0.4, -0.2) is 10.8 Å². The van der Waals surface area contributed by atoms with E-state index in [-0.39, 0.29) is 12.2 Å². The molecule has 16 heavy (non-hydrogen) atoms. The van der Waals surface area contributed by atoms with Crippen LogP contribution in [0.5, 0.6) is 0 Å². The Morgan fingerprint density at radius 1 is 1.25 bits per heavy atom. The van der Waals surface area contributed by atoms with Gasteiger partial charge in [-0.3, -0.25) is 4.79 Å². The number of benzene rings is 1. The molecule has 3 heteroatoms. The molecule has 0 aliphatic carbocycles. The Balaban J connectivity index is 2.14. The van der Waals surface area contributed by atoms with Crippen LogP contribution in [0.1, 0.15) is 27.7 Å². The van der Waals surface area contributed by atoms with Crippen molar-refractivity contribution in [3.8, 4) is 0 Å². The molecular formula is C13H13NO2. The van der Waals surface area contributed by atoms with Gasteiger partial charge in [-0.1, -0.05) is 30.3 Å². The fourth-order valence-electron chi connectivity index (χ4n) is 1.48. The van der Waals surface area contributed by atoms with Crippen LogP contribution in [-0.2, 0) is 6.42 Å². The second-order valence-corrected chi connectivity index (χ2v) is 3.72. The number of aryl methyl sites for hydroxylation is 2. The Morgan fingerprint density at radius 2 is 1.94 bits per heavy atom. The van der Waals surface area contributed by atoms with Crippen LogP contribution in [0.25, 0.3) is 0 Å². The fourth-order valence-corrected chi connectivity index (χ4v) is 1.48. The van der Waals surface area contributed by atoms with Crippen LogP contribution in [0, 0.1) is 13.8 Å². The summed E-state index contributed by atoms with van der Waals surface area (Å²) >= 11 is 0. The van der Waals surface area contributed by atoms with Crippen LogP contribution in [0.15, 0.2) is 34.7 Å². The van der Waals surface area contributed by atoms with E-state index in [1.807, 2.05) is 32.0 Å². The number of aromatic nitrogens is 1. The Morgan fingerprint density at radius 3 is 2.50 bits per heavy atom. The van der Waals surface area contributed by atoms with E-state index in [4.69, 9.17) is 4.42 Å². The highest BCUT2D eigenvalue weighted by Gasteiger charge is 2.12. The van der Waals surface area contributed by atoms with Crippen LogP contribution in [0.4, 0.5) is 0 Å². The van der Waals surface area contributed by atoms with Gasteiger partial charge in [-0.25, -0.2) is 4.98 Å². The molecule has 0 fully saturated rings. The monoisotopic (exact) mass is 215 g/mol. The number of hydrogen-bond acceptors (Lipinski definition) is 3. The number of carbonyl (C=O) groups excluding carboxylic acids is 1. The summed E-state index contributed by atoms with van der Waals surface area (Å²) in [7, 11) is 0. The molecule has 0 saturated heterocycles. The molecule has 1 aromatic carbocycles. The zero-order valence-corrected chi connectivity index (χ0v) is 9.36. The summed E-state index contributed by atoms with van der Waals surface area (Å²) in [5.74, 6) is 1.29. The van der Waals surface area contributed by atoms with Crippen molar-refractivity contribution >= 4 is 5.78 Å². The van der Waals surface area contributed by atoms with Crippen molar-refractivity contribution < 1.29 is 9.21 Å². The zero-order valence-electron chi connectivity index (χ0n) is 9.36. The van der Waals surface area contributed by atoms with Crippen molar-refractivity contribution in [2.24, 2.45) is 0 Å². The van der Waals surface area contributed by atoms with Crippen molar-refractivity contribution in [1.82, 2.24) is 4.98 Å². The lowest BCUT2D eigenvalue weighted by atomic mass is 10.1. The van der Waals surface area contributed by atoms with Gasteiger partial charge in [0.2, 0.25) is 5.89 Å². The molecule has 0 N–H and O–H groups in total. The highest BCUT2D eigenvalue weighted by atomic mass is 16.4. The number of Topliss-reactive ketones (excluding diaryl/α,β-unsaturated/α-hetero) is 1. The number of nitrogens with zero attached hydrogens (tertiary/aromatic N) is 1. The molecular weight excluding hydrogens is 202 g/mol. The van der Waals surface area contributed by atoms with Gasteiger partial charge in [0.05, 0.1) is 12.1 Å². The molecule has 0 unspecified atom stereocenters. The second-order valence-electron chi connectivity index (χ2n) is 3.72. The molecule has 82 valence electrons. The molecule has 0 atom stereocenters. The highest BCUT2D eigenvalue weighted by molar-refractivity contribution is 5.96. The third kappa shape index (κ3) is 2.19. The number of oxazole rings is 1. The molecule has 0 saturated carbocycles. The van der Waals surface area contributed by atoms with Crippen molar-refractivity contribution in [1.29, 1.82) is 0 Å². The van der Waals surface area contributed by atoms with Crippen molar-refractivity contribution in [2.45, 2.75) is 20.3 Å². The maximum absolute atomic E-state index is 11.8. The van der Waals surface area contributed by atoms with Gasteiger partial charge in [0.15, 0.2) is 5.78 Å². The minimum atomic E-state index is 0.0295. The molecule has 2 aromatic rings. The summed E-state index contributed by atoms with van der Waals surface area (Å²) in [6, 6.07) is 9.17. The number of rotatable bonds is 3. The quantitative estimate of drug-likeness (QED) is 0.739. The normalized spacial score (nSPS) is 10.4. The van der Waals surface area contributed by atoms with Crippen molar-refractivity contribution in [2.75, 3.05) is 0 Å². The summed E-state index contributed by atoms with van der Waals surface area (Å²) in [5.41, 5.74) is 1.53. The molecule has 1 heterocycles. The first kappa shape index (κ1) is 10.6. The zero-order chi connectivity index (χ0) is 11.5. The Kier molecular flexibility index (Phi) is 2.86. The van der Waals surface area contributed by atoms with Gasteiger partial charge in [-0.2, -0.15) is 0 Å². The van der Waals surface area contributed by atoms with Gasteiger partial charge in [0.1, 0.15) is 5.76 Å². The lowest BCUT2D eigenvalue weighted by Crippen LogP contribution is -2.03. The average molecular weight is 215 g/mol. The summed E-state index contributed by atoms with van der Waals surface area (Å²) in [6.45, 7) is 3.72. The van der Waals surface area contributed by atoms with E-state index in [9.17, 15) is 4.79 Å². The van der Waals surface area contributed by atoms with Gasteiger partial charge in [-0.05, 0) is 13.8 Å². The minimum Gasteiger partial charge on any atom is -0.445 e. The molecule has 0 amide bonds. The first-order chi connectivity index (χ1) is 7.66. The van der Waals surface area contributed by atoms with Gasteiger partial charge in [0.25, 0.3) is 0 Å². The highest BCUT2D eigenvalue weighted by Crippen LogP contribution is 2.11. The number of carbonyl (C=O) groups is 1. The molecule has 0 bridgehead atoms. The minimum absolute atomic E-state index is 0.0295. The van der Waals surface area contributed by atoms with E-state index in [1.54, 1.807) is 12.1 Å². The van der Waals surface area contributed by atoms with Gasteiger partial charge in [0, 0.05) is 5.56 Å². The summed E-state index contributed by atoms with van der Waals surface area (Å²) < 4.78 is 5.37. The second kappa shape index (κ2) is 4.31. The van der Waals surface area contributed by atoms with Gasteiger partial charge in [-0.15, -0.1) is 0 Å². The summed E-state index contributed by atoms with van der Waals surface area (Å²) in [5, 5.41) is 0. The van der Waals surface area contributed by atoms with Crippen LogP contribution < -0.4 is 0 Å². The molecule has 0 radical (unpaired) electrons. The fraction of sp³-hybridized carbons (Fsp3) is 0.231. The smallest absolute Gasteiger partial charge is 0.202 e. The number of ketones is 1. The summed E-state index contributed by atoms with van der Waals surface area (Å²) in [6.07, 6.45) is 0.221. The third-order valence-electron chi connectivity index (χ3n) is 2.48. The molecule has 0 aliphatic heterocycles. The Hall–Kier alpha value is -1.90. The van der Waals surface area contributed by atoms with E-state index in [0.717, 1.165) is 11.5 Å². The largest absolute Gasteiger partial charge is 0.445 e. The SMILES string of the molecule is Cc1nc(CC(=O)c2ccccc2)oc1C. The van der Waals surface area contributed by atoms with Crippen LogP contribution in [0.2, 0.25) is 0 Å². The van der Waals surface area contributed by atoms with Gasteiger partial charge < -0.3 is 4.42 Å². The topological polar surface area (TPSA) is 43.1 Å². The maximum atomic E-state index is 11.8. The molecule has 2 rings (SSSR count).